The lowest BCUT2D eigenvalue weighted by molar-refractivity contribution is 0.0976. The van der Waals surface area contributed by atoms with Crippen molar-refractivity contribution < 1.29 is 19.4 Å². The van der Waals surface area contributed by atoms with E-state index in [-0.39, 0.29) is 34.2 Å². The summed E-state index contributed by atoms with van der Waals surface area (Å²) < 4.78 is 5.05. The van der Waals surface area contributed by atoms with Crippen LogP contribution in [-0.4, -0.2) is 23.8 Å². The van der Waals surface area contributed by atoms with Crippen LogP contribution in [0.15, 0.2) is 36.4 Å². The molecule has 2 aromatic rings. The van der Waals surface area contributed by atoms with Crippen LogP contribution < -0.4 is 4.74 Å². The largest absolute Gasteiger partial charge is 0.504 e. The maximum absolute atomic E-state index is 12.4. The Bertz CT molecular complexity index is 716. The first-order valence-corrected chi connectivity index (χ1v) is 5.73. The number of rotatable bonds is 1. The number of fused-ring (bicyclic) bond motifs is 2. The number of phenolic OH excluding ortho intramolecular Hbond substituents is 1. The predicted molar refractivity (Wildman–Crippen MR) is 68.0 cm³/mol. The maximum Gasteiger partial charge on any atom is 0.198 e. The summed E-state index contributed by atoms with van der Waals surface area (Å²) in [5.74, 6) is -0.645. The molecule has 2 aromatic carbocycles. The van der Waals surface area contributed by atoms with Crippen molar-refractivity contribution in [3.63, 3.8) is 0 Å². The number of ether oxygens (including phenoxy) is 1. The Hall–Kier alpha value is -2.62. The molecule has 0 fully saturated rings. The van der Waals surface area contributed by atoms with Crippen LogP contribution in [0.3, 0.4) is 0 Å². The Balaban J connectivity index is 2.36. The van der Waals surface area contributed by atoms with Crippen LogP contribution in [0.25, 0.3) is 0 Å². The van der Waals surface area contributed by atoms with E-state index in [1.165, 1.54) is 19.2 Å². The van der Waals surface area contributed by atoms with Gasteiger partial charge in [-0.2, -0.15) is 0 Å². The minimum absolute atomic E-state index is 0.0466. The van der Waals surface area contributed by atoms with Gasteiger partial charge in [-0.25, -0.2) is 0 Å². The fraction of sp³-hybridized carbons (Fsp3) is 0.0667. The molecule has 0 radical (unpaired) electrons. The molecule has 0 heterocycles. The summed E-state index contributed by atoms with van der Waals surface area (Å²) in [7, 11) is 1.35. The van der Waals surface area contributed by atoms with E-state index < -0.39 is 0 Å². The van der Waals surface area contributed by atoms with E-state index in [1.807, 2.05) is 0 Å². The number of hydrogen-bond acceptors (Lipinski definition) is 4. The first-order chi connectivity index (χ1) is 9.15. The van der Waals surface area contributed by atoms with Gasteiger partial charge in [-0.05, 0) is 12.1 Å². The Morgan fingerprint density at radius 2 is 1.53 bits per heavy atom. The van der Waals surface area contributed by atoms with E-state index in [0.29, 0.717) is 11.1 Å². The smallest absolute Gasteiger partial charge is 0.198 e. The number of phenols is 1. The third-order valence-electron chi connectivity index (χ3n) is 3.23. The van der Waals surface area contributed by atoms with Crippen LogP contribution in [0.1, 0.15) is 31.8 Å². The van der Waals surface area contributed by atoms with Gasteiger partial charge in [0.25, 0.3) is 0 Å². The Labute approximate surface area is 109 Å². The van der Waals surface area contributed by atoms with E-state index >= 15 is 0 Å². The molecule has 4 heteroatoms. The van der Waals surface area contributed by atoms with Gasteiger partial charge < -0.3 is 9.84 Å². The van der Waals surface area contributed by atoms with Gasteiger partial charge in [-0.3, -0.25) is 9.59 Å². The number of benzene rings is 2. The molecule has 4 nitrogen and oxygen atoms in total. The minimum Gasteiger partial charge on any atom is -0.504 e. The molecule has 1 aliphatic carbocycles. The molecule has 0 bridgehead atoms. The quantitative estimate of drug-likeness (QED) is 0.723. The zero-order valence-corrected chi connectivity index (χ0v) is 10.1. The van der Waals surface area contributed by atoms with Gasteiger partial charge in [0.2, 0.25) is 0 Å². The van der Waals surface area contributed by atoms with Gasteiger partial charge in [0.05, 0.1) is 12.7 Å². The van der Waals surface area contributed by atoms with Crippen LogP contribution in [0, 0.1) is 0 Å². The monoisotopic (exact) mass is 254 g/mol. The molecular weight excluding hydrogens is 244 g/mol. The molecule has 0 saturated heterocycles. The van der Waals surface area contributed by atoms with Crippen LogP contribution in [0.2, 0.25) is 0 Å². The summed E-state index contributed by atoms with van der Waals surface area (Å²) >= 11 is 0. The van der Waals surface area contributed by atoms with Crippen molar-refractivity contribution in [3.05, 3.63) is 58.7 Å². The minimum atomic E-state index is -0.307. The lowest BCUT2D eigenvalue weighted by Gasteiger charge is -2.19. The van der Waals surface area contributed by atoms with E-state index in [0.717, 1.165) is 0 Å². The van der Waals surface area contributed by atoms with Gasteiger partial charge in [0.15, 0.2) is 23.1 Å². The predicted octanol–water partition coefficient (Wildman–Crippen LogP) is 2.18. The second-order valence-corrected chi connectivity index (χ2v) is 4.24. The molecule has 19 heavy (non-hydrogen) atoms. The van der Waals surface area contributed by atoms with Crippen molar-refractivity contribution >= 4 is 11.6 Å². The summed E-state index contributed by atoms with van der Waals surface area (Å²) in [6.07, 6.45) is 0. The fourth-order valence-electron chi connectivity index (χ4n) is 2.35. The number of methoxy groups -OCH3 is 1. The fourth-order valence-corrected chi connectivity index (χ4v) is 2.35. The van der Waals surface area contributed by atoms with Gasteiger partial charge in [0.1, 0.15) is 0 Å². The van der Waals surface area contributed by atoms with E-state index in [9.17, 15) is 14.7 Å². The molecule has 1 N–H and O–H groups in total. The molecule has 0 atom stereocenters. The number of carbonyl (C=O) groups excluding carboxylic acids is 2. The molecule has 0 aliphatic heterocycles. The number of carbonyl (C=O) groups is 2. The molecule has 0 spiro atoms. The highest BCUT2D eigenvalue weighted by Crippen LogP contribution is 2.38. The number of aromatic hydroxyl groups is 1. The standard InChI is InChI=1S/C15H10O4/c1-19-15-11(16)7-6-10-12(15)14(18)9-5-3-2-4-8(9)13(10)17/h2-7,16H,1H3. The Morgan fingerprint density at radius 3 is 2.16 bits per heavy atom. The lowest BCUT2D eigenvalue weighted by Crippen LogP contribution is -2.21. The molecule has 94 valence electrons. The van der Waals surface area contributed by atoms with Crippen LogP contribution in [0.4, 0.5) is 0 Å². The topological polar surface area (TPSA) is 63.6 Å². The molecule has 0 unspecified atom stereocenters. The zero-order valence-electron chi connectivity index (χ0n) is 10.1. The third kappa shape index (κ3) is 1.46. The normalized spacial score (nSPS) is 12.9. The lowest BCUT2D eigenvalue weighted by atomic mass is 9.83. The summed E-state index contributed by atoms with van der Waals surface area (Å²) in [5, 5.41) is 9.73. The SMILES string of the molecule is COc1c(O)ccc2c1C(=O)c1ccccc1C2=O. The van der Waals surface area contributed by atoms with Gasteiger partial charge in [-0.15, -0.1) is 0 Å². The second kappa shape index (κ2) is 3.95. The number of ketones is 2. The van der Waals surface area contributed by atoms with Crippen LogP contribution in [-0.2, 0) is 0 Å². The van der Waals surface area contributed by atoms with E-state index in [1.54, 1.807) is 24.3 Å². The summed E-state index contributed by atoms with van der Waals surface area (Å²) in [4.78, 5) is 24.8. The average Bonchev–Trinajstić information content (AvgIpc) is 2.44. The second-order valence-electron chi connectivity index (χ2n) is 4.24. The van der Waals surface area contributed by atoms with Gasteiger partial charge in [-0.1, -0.05) is 24.3 Å². The molecule has 0 saturated carbocycles. The van der Waals surface area contributed by atoms with Crippen molar-refractivity contribution in [3.8, 4) is 11.5 Å². The van der Waals surface area contributed by atoms with Crippen molar-refractivity contribution in [2.24, 2.45) is 0 Å². The Kier molecular flexibility index (Phi) is 2.38. The first-order valence-electron chi connectivity index (χ1n) is 5.73. The Morgan fingerprint density at radius 1 is 0.895 bits per heavy atom. The van der Waals surface area contributed by atoms with Crippen molar-refractivity contribution in [1.82, 2.24) is 0 Å². The van der Waals surface area contributed by atoms with Crippen molar-refractivity contribution in [2.45, 2.75) is 0 Å². The summed E-state index contributed by atoms with van der Waals surface area (Å²) in [6, 6.07) is 9.44. The average molecular weight is 254 g/mol. The molecule has 0 aromatic heterocycles. The zero-order chi connectivity index (χ0) is 13.6. The first kappa shape index (κ1) is 11.5. The maximum atomic E-state index is 12.4. The molecule has 3 rings (SSSR count). The highest BCUT2D eigenvalue weighted by Gasteiger charge is 2.33. The number of hydrogen-bond donors (Lipinski definition) is 1. The molecule has 1 aliphatic rings. The van der Waals surface area contributed by atoms with Crippen LogP contribution in [0.5, 0.6) is 11.5 Å². The van der Waals surface area contributed by atoms with Gasteiger partial charge >= 0.3 is 0 Å². The van der Waals surface area contributed by atoms with Crippen molar-refractivity contribution in [2.75, 3.05) is 7.11 Å². The summed E-state index contributed by atoms with van der Waals surface area (Å²) in [5.41, 5.74) is 1.11. The van der Waals surface area contributed by atoms with E-state index in [2.05, 4.69) is 0 Å². The van der Waals surface area contributed by atoms with Crippen LogP contribution >= 0.6 is 0 Å². The molecular formula is C15H10O4. The van der Waals surface area contributed by atoms with Gasteiger partial charge in [0, 0.05) is 16.7 Å². The van der Waals surface area contributed by atoms with Crippen molar-refractivity contribution in [1.29, 1.82) is 0 Å². The van der Waals surface area contributed by atoms with E-state index in [4.69, 9.17) is 4.74 Å². The third-order valence-corrected chi connectivity index (χ3v) is 3.23. The highest BCUT2D eigenvalue weighted by molar-refractivity contribution is 6.29. The highest BCUT2D eigenvalue weighted by atomic mass is 16.5. The summed E-state index contributed by atoms with van der Waals surface area (Å²) in [6.45, 7) is 0. The molecule has 0 amide bonds.